The van der Waals surface area contributed by atoms with Gasteiger partial charge in [-0.15, -0.1) is 16.4 Å². The van der Waals surface area contributed by atoms with E-state index in [1.165, 1.54) is 22.1 Å². The molecule has 2 saturated heterocycles. The third-order valence-corrected chi connectivity index (χ3v) is 11.8. The molecule has 0 bridgehead atoms. The maximum Gasteiger partial charge on any atom is 0.320 e. The highest BCUT2D eigenvalue weighted by Gasteiger charge is 2.49. The number of likely N-dealkylation sites (tertiary alicyclic amines) is 1. The van der Waals surface area contributed by atoms with Crippen molar-refractivity contribution >= 4 is 28.2 Å². The highest BCUT2D eigenvalue weighted by Crippen LogP contribution is 2.55. The first-order valence-corrected chi connectivity index (χ1v) is 18.2. The van der Waals surface area contributed by atoms with Crippen LogP contribution in [0.2, 0.25) is 0 Å². The lowest BCUT2D eigenvalue weighted by Crippen LogP contribution is -2.38. The third-order valence-electron chi connectivity index (χ3n) is 10.8. The van der Waals surface area contributed by atoms with Gasteiger partial charge in [0.2, 0.25) is 5.88 Å². The molecule has 2 aliphatic heterocycles. The summed E-state index contributed by atoms with van der Waals surface area (Å²) in [4.78, 5) is 20.7. The molecule has 4 N–H and O–H groups in total. The van der Waals surface area contributed by atoms with Gasteiger partial charge in [0.1, 0.15) is 34.2 Å². The van der Waals surface area contributed by atoms with Gasteiger partial charge >= 0.3 is 6.03 Å². The van der Waals surface area contributed by atoms with E-state index in [-0.39, 0.29) is 41.3 Å². The van der Waals surface area contributed by atoms with E-state index in [0.717, 1.165) is 73.9 Å². The van der Waals surface area contributed by atoms with Gasteiger partial charge in [0.15, 0.2) is 17.4 Å². The Bertz CT molecular complexity index is 1970. The van der Waals surface area contributed by atoms with Crippen LogP contribution in [0.1, 0.15) is 79.2 Å². The van der Waals surface area contributed by atoms with E-state index < -0.39 is 17.3 Å². The number of carbonyl (C=O) groups excluding carboxylic acids is 1. The van der Waals surface area contributed by atoms with Gasteiger partial charge in [0, 0.05) is 41.4 Å². The zero-order valence-electron chi connectivity index (χ0n) is 28.1. The number of nitrogens with one attached hydrogen (secondary N) is 2. The van der Waals surface area contributed by atoms with Crippen LogP contribution in [0.4, 0.5) is 20.0 Å². The molecular formula is C35H40FN9O4S. The summed E-state index contributed by atoms with van der Waals surface area (Å²) in [6.07, 6.45) is 8.93. The quantitative estimate of drug-likeness (QED) is 0.230. The first-order chi connectivity index (χ1) is 24.3. The van der Waals surface area contributed by atoms with Crippen LogP contribution in [0.15, 0.2) is 22.9 Å². The van der Waals surface area contributed by atoms with Crippen molar-refractivity contribution in [3.05, 3.63) is 51.5 Å². The molecule has 50 heavy (non-hydrogen) atoms. The minimum Gasteiger partial charge on any atom is -0.473 e. The Hall–Kier alpha value is -4.52. The second-order valence-electron chi connectivity index (χ2n) is 13.8. The van der Waals surface area contributed by atoms with Crippen molar-refractivity contribution in [1.82, 2.24) is 30.1 Å². The Morgan fingerprint density at radius 3 is 2.86 bits per heavy atom. The van der Waals surface area contributed by atoms with E-state index in [2.05, 4.69) is 38.9 Å². The smallest absolute Gasteiger partial charge is 0.320 e. The number of hydrogen-bond donors (Lipinski definition) is 3. The number of amides is 2. The number of ether oxygens (including phenoxy) is 2. The summed E-state index contributed by atoms with van der Waals surface area (Å²) in [5.41, 5.74) is 8.42. The van der Waals surface area contributed by atoms with Crippen LogP contribution in [0, 0.1) is 17.1 Å². The first kappa shape index (κ1) is 32.7. The van der Waals surface area contributed by atoms with Crippen LogP contribution in [-0.2, 0) is 23.0 Å². The van der Waals surface area contributed by atoms with Crippen molar-refractivity contribution < 1.29 is 23.2 Å². The second-order valence-corrected chi connectivity index (χ2v) is 15.0. The lowest BCUT2D eigenvalue weighted by molar-refractivity contribution is 0.117. The number of nitrogens with zero attached hydrogens (tertiary/aromatic N) is 6. The fourth-order valence-electron chi connectivity index (χ4n) is 8.41. The summed E-state index contributed by atoms with van der Waals surface area (Å²) < 4.78 is 36.2. The number of pyridine rings is 1. The molecule has 0 aromatic carbocycles. The average molecular weight is 702 g/mol. The number of rotatable bonds is 7. The molecule has 4 aliphatic rings. The number of halogens is 1. The molecule has 0 radical (unpaired) electrons. The molecule has 2 aliphatic carbocycles. The van der Waals surface area contributed by atoms with E-state index in [9.17, 15) is 10.1 Å². The molecule has 13 nitrogen and oxygen atoms in total. The predicted octanol–water partition coefficient (Wildman–Crippen LogP) is 5.31. The summed E-state index contributed by atoms with van der Waals surface area (Å²) >= 11 is 1.48. The number of anilines is 2. The van der Waals surface area contributed by atoms with E-state index in [1.54, 1.807) is 12.3 Å². The highest BCUT2D eigenvalue weighted by molar-refractivity contribution is 7.16. The van der Waals surface area contributed by atoms with Crippen LogP contribution >= 0.6 is 11.3 Å². The lowest BCUT2D eigenvalue weighted by Gasteiger charge is -2.39. The van der Waals surface area contributed by atoms with Crippen LogP contribution < -0.4 is 21.1 Å². The third kappa shape index (κ3) is 5.59. The van der Waals surface area contributed by atoms with Crippen molar-refractivity contribution in [2.24, 2.45) is 0 Å². The van der Waals surface area contributed by atoms with Crippen LogP contribution in [0.25, 0.3) is 17.1 Å². The summed E-state index contributed by atoms with van der Waals surface area (Å²) in [5.74, 6) is 0.489. The maximum absolute atomic E-state index is 16.9. The number of nitriles is 1. The fraction of sp³-hybridized carbons (Fsp3) is 0.514. The summed E-state index contributed by atoms with van der Waals surface area (Å²) in [6.45, 7) is 4.04. The van der Waals surface area contributed by atoms with Crippen LogP contribution in [0.5, 0.6) is 5.88 Å². The number of carbonyl (C=O) groups is 1. The normalized spacial score (nSPS) is 23.7. The fourth-order valence-corrected chi connectivity index (χ4v) is 9.57. The lowest BCUT2D eigenvalue weighted by atomic mass is 9.63. The van der Waals surface area contributed by atoms with Crippen molar-refractivity contribution in [2.75, 3.05) is 37.9 Å². The van der Waals surface area contributed by atoms with Crippen molar-refractivity contribution in [2.45, 2.75) is 88.3 Å². The molecule has 262 valence electrons. The maximum atomic E-state index is 16.9. The van der Waals surface area contributed by atoms with Crippen molar-refractivity contribution in [1.29, 1.82) is 5.26 Å². The van der Waals surface area contributed by atoms with E-state index in [1.807, 2.05) is 6.92 Å². The molecule has 2 fully saturated rings. The Balaban J connectivity index is 1.19. The van der Waals surface area contributed by atoms with Gasteiger partial charge in [0.25, 0.3) is 0 Å². The Labute approximate surface area is 292 Å². The molecule has 0 saturated carbocycles. The number of nitrogen functional groups attached to an aromatic ring is 1. The van der Waals surface area contributed by atoms with Crippen LogP contribution in [-0.4, -0.2) is 75.8 Å². The highest BCUT2D eigenvalue weighted by atomic mass is 32.1. The molecular weight excluding hydrogens is 662 g/mol. The number of fused-ring (bicyclic) bond motifs is 4. The molecule has 4 aromatic heterocycles. The van der Waals surface area contributed by atoms with E-state index >= 15 is 4.39 Å². The molecule has 15 heteroatoms. The zero-order chi connectivity index (χ0) is 34.6. The van der Waals surface area contributed by atoms with Crippen LogP contribution in [0.3, 0.4) is 0 Å². The number of hydrogen-bond acceptors (Lipinski definition) is 11. The van der Waals surface area contributed by atoms with Gasteiger partial charge in [-0.05, 0) is 83.9 Å². The van der Waals surface area contributed by atoms with Gasteiger partial charge in [-0.1, -0.05) is 5.16 Å². The van der Waals surface area contributed by atoms with Gasteiger partial charge in [-0.25, -0.2) is 18.9 Å². The number of urea groups is 1. The average Bonchev–Trinajstić information content (AvgIpc) is 3.94. The van der Waals surface area contributed by atoms with Gasteiger partial charge in [-0.2, -0.15) is 5.26 Å². The minimum atomic E-state index is -0.650. The van der Waals surface area contributed by atoms with Crippen molar-refractivity contribution in [3.8, 4) is 29.0 Å². The van der Waals surface area contributed by atoms with Gasteiger partial charge in [0.05, 0.1) is 23.6 Å². The predicted molar refractivity (Wildman–Crippen MR) is 184 cm³/mol. The molecule has 8 rings (SSSR count). The first-order valence-electron chi connectivity index (χ1n) is 17.4. The zero-order valence-corrected chi connectivity index (χ0v) is 28.9. The van der Waals surface area contributed by atoms with E-state index in [4.69, 9.17) is 24.7 Å². The Morgan fingerprint density at radius 2 is 2.10 bits per heavy atom. The SMILES string of the molecule is C[C@H](Oc1cc(-n2ccc(NC(=O)N[C@H]3CCOC3)n2)c(F)c(-c2noc3c2CCCC32CCCc3sc(N)c(C#N)c32)n1)[C@@H]1CCCN1C. The molecule has 6 heterocycles. The molecule has 4 aromatic rings. The Kier molecular flexibility index (Phi) is 8.48. The summed E-state index contributed by atoms with van der Waals surface area (Å²) in [7, 11) is 2.08. The number of likely N-dealkylation sites (N-methyl/N-ethyl adjacent to an activating group) is 1. The van der Waals surface area contributed by atoms with E-state index in [0.29, 0.717) is 41.7 Å². The second kappa shape index (κ2) is 13.0. The molecule has 1 spiro atoms. The summed E-state index contributed by atoms with van der Waals surface area (Å²) in [5, 5.41) is 25.2. The standard InChI is InChI=1S/C35H40FN9O4S/c1-19(23-7-5-13-44(23)2)48-27-16-24(45-14-9-26(42-45)40-34(46)39-20-10-15-47-18-20)29(36)31(41-27)30-21-6-3-11-35(32(21)49-43-30)12-4-8-25-28(35)22(17-37)33(38)50-25/h9,14,16,19-20,23H,3-8,10-13,15,18,38H2,1-2H3,(H2,39,40,42,46)/t19-,20-,23-,35?/m0/s1. The Morgan fingerprint density at radius 1 is 1.26 bits per heavy atom. The molecule has 2 amide bonds. The van der Waals surface area contributed by atoms with Gasteiger partial charge in [-0.3, -0.25) is 10.2 Å². The number of aromatic nitrogens is 4. The number of nitrogens with two attached hydrogens (primary N) is 1. The topological polar surface area (TPSA) is 169 Å². The number of aryl methyl sites for hydroxylation is 1. The minimum absolute atomic E-state index is 0.00288. The molecule has 4 atom stereocenters. The monoisotopic (exact) mass is 701 g/mol. The molecule has 1 unspecified atom stereocenters. The largest absolute Gasteiger partial charge is 0.473 e. The van der Waals surface area contributed by atoms with Crippen molar-refractivity contribution in [3.63, 3.8) is 0 Å². The number of thiophene rings is 1. The van der Waals surface area contributed by atoms with Gasteiger partial charge < -0.3 is 25.0 Å². The summed E-state index contributed by atoms with van der Waals surface area (Å²) in [6, 6.07) is 5.18.